The lowest BCUT2D eigenvalue weighted by Crippen LogP contribution is -2.12. The standard InChI is InChI=1S/C11H8BrNO5S/c12-7-2-1-3-8(6-7)13-19(16,17)10-5-4-9(18-10)11(14)15/h1-6,13H,(H,14,15). The van der Waals surface area contributed by atoms with Gasteiger partial charge in [-0.05, 0) is 30.3 Å². The van der Waals surface area contributed by atoms with Gasteiger partial charge in [0.25, 0.3) is 10.0 Å². The Bertz CT molecular complexity index is 722. The Labute approximate surface area is 117 Å². The van der Waals surface area contributed by atoms with Crippen molar-refractivity contribution in [3.8, 4) is 0 Å². The largest absolute Gasteiger partial charge is 0.475 e. The number of carbonyl (C=O) groups is 1. The second kappa shape index (κ2) is 5.06. The number of sulfonamides is 1. The Balaban J connectivity index is 2.29. The van der Waals surface area contributed by atoms with Gasteiger partial charge in [-0.15, -0.1) is 0 Å². The maximum atomic E-state index is 11.9. The van der Waals surface area contributed by atoms with E-state index in [1.807, 2.05) is 0 Å². The summed E-state index contributed by atoms with van der Waals surface area (Å²) in [7, 11) is -3.94. The van der Waals surface area contributed by atoms with Gasteiger partial charge in [-0.25, -0.2) is 4.79 Å². The molecule has 1 aromatic carbocycles. The van der Waals surface area contributed by atoms with Gasteiger partial charge >= 0.3 is 5.97 Å². The lowest BCUT2D eigenvalue weighted by molar-refractivity contribution is 0.0656. The Morgan fingerprint density at radius 2 is 2.00 bits per heavy atom. The first kappa shape index (κ1) is 13.6. The predicted octanol–water partition coefficient (Wildman–Crippen LogP) is 2.54. The highest BCUT2D eigenvalue weighted by atomic mass is 79.9. The summed E-state index contributed by atoms with van der Waals surface area (Å²) < 4.78 is 31.6. The fraction of sp³-hybridized carbons (Fsp3) is 0. The van der Waals surface area contributed by atoms with Gasteiger partial charge in [0, 0.05) is 4.47 Å². The molecule has 0 unspecified atom stereocenters. The molecule has 0 saturated carbocycles. The molecule has 1 heterocycles. The van der Waals surface area contributed by atoms with Gasteiger partial charge in [0.05, 0.1) is 5.69 Å². The molecule has 2 aromatic rings. The number of hydrogen-bond donors (Lipinski definition) is 2. The van der Waals surface area contributed by atoms with Crippen LogP contribution in [0.1, 0.15) is 10.6 Å². The zero-order valence-electron chi connectivity index (χ0n) is 9.33. The van der Waals surface area contributed by atoms with E-state index in [0.717, 1.165) is 12.1 Å². The summed E-state index contributed by atoms with van der Waals surface area (Å²) in [6.07, 6.45) is 0. The van der Waals surface area contributed by atoms with Crippen molar-refractivity contribution < 1.29 is 22.7 Å². The topological polar surface area (TPSA) is 96.6 Å². The number of halogens is 1. The van der Waals surface area contributed by atoms with E-state index in [9.17, 15) is 13.2 Å². The Kier molecular flexibility index (Phi) is 3.63. The van der Waals surface area contributed by atoms with Gasteiger partial charge in [0.15, 0.2) is 0 Å². The fourth-order valence-electron chi connectivity index (χ4n) is 1.34. The summed E-state index contributed by atoms with van der Waals surface area (Å²) in [5.74, 6) is -1.77. The van der Waals surface area contributed by atoms with Crippen LogP contribution in [-0.4, -0.2) is 19.5 Å². The van der Waals surface area contributed by atoms with Crippen LogP contribution in [0, 0.1) is 0 Å². The number of hydrogen-bond acceptors (Lipinski definition) is 4. The van der Waals surface area contributed by atoms with Crippen molar-refractivity contribution in [3.05, 3.63) is 46.6 Å². The van der Waals surface area contributed by atoms with Crippen LogP contribution in [0.4, 0.5) is 5.69 Å². The van der Waals surface area contributed by atoms with Crippen molar-refractivity contribution in [1.82, 2.24) is 0 Å². The first-order valence-corrected chi connectivity index (χ1v) is 7.27. The van der Waals surface area contributed by atoms with E-state index in [0.29, 0.717) is 10.2 Å². The molecular formula is C11H8BrNO5S. The average Bonchev–Trinajstić information content (AvgIpc) is 2.78. The lowest BCUT2D eigenvalue weighted by atomic mass is 10.3. The summed E-state index contributed by atoms with van der Waals surface area (Å²) in [4.78, 5) is 10.6. The Morgan fingerprint density at radius 3 is 2.58 bits per heavy atom. The quantitative estimate of drug-likeness (QED) is 0.887. The van der Waals surface area contributed by atoms with E-state index in [-0.39, 0.29) is 0 Å². The molecule has 0 aliphatic carbocycles. The molecule has 100 valence electrons. The van der Waals surface area contributed by atoms with Crippen LogP contribution < -0.4 is 4.72 Å². The molecule has 2 N–H and O–H groups in total. The Hall–Kier alpha value is -1.80. The molecule has 6 nitrogen and oxygen atoms in total. The number of rotatable bonds is 4. The van der Waals surface area contributed by atoms with Gasteiger partial charge in [-0.3, -0.25) is 4.72 Å². The number of benzene rings is 1. The smallest absolute Gasteiger partial charge is 0.371 e. The minimum atomic E-state index is -3.94. The first-order chi connectivity index (χ1) is 8.88. The van der Waals surface area contributed by atoms with E-state index < -0.39 is 26.8 Å². The third kappa shape index (κ3) is 3.15. The zero-order chi connectivity index (χ0) is 14.0. The minimum Gasteiger partial charge on any atom is -0.475 e. The highest BCUT2D eigenvalue weighted by Crippen LogP contribution is 2.21. The van der Waals surface area contributed by atoms with E-state index in [4.69, 9.17) is 9.52 Å². The molecule has 0 saturated heterocycles. The van der Waals surface area contributed by atoms with Crippen molar-refractivity contribution in [2.75, 3.05) is 4.72 Å². The first-order valence-electron chi connectivity index (χ1n) is 5.00. The van der Waals surface area contributed by atoms with Crippen LogP contribution in [0.15, 0.2) is 50.4 Å². The molecular weight excluding hydrogens is 338 g/mol. The molecule has 0 atom stereocenters. The van der Waals surface area contributed by atoms with Crippen molar-refractivity contribution >= 4 is 37.6 Å². The molecule has 0 spiro atoms. The second-order valence-corrected chi connectivity index (χ2v) is 6.07. The maximum Gasteiger partial charge on any atom is 0.371 e. The van der Waals surface area contributed by atoms with Crippen LogP contribution >= 0.6 is 15.9 Å². The van der Waals surface area contributed by atoms with Crippen molar-refractivity contribution in [3.63, 3.8) is 0 Å². The van der Waals surface area contributed by atoms with Gasteiger partial charge in [0.2, 0.25) is 10.9 Å². The highest BCUT2D eigenvalue weighted by molar-refractivity contribution is 9.10. The molecule has 0 aliphatic heterocycles. The van der Waals surface area contributed by atoms with Gasteiger partial charge in [-0.1, -0.05) is 22.0 Å². The number of furan rings is 1. The molecule has 1 aromatic heterocycles. The number of carboxylic acids is 1. The normalized spacial score (nSPS) is 11.2. The minimum absolute atomic E-state index is 0.336. The van der Waals surface area contributed by atoms with Crippen LogP contribution in [0.25, 0.3) is 0 Å². The Morgan fingerprint density at radius 1 is 1.26 bits per heavy atom. The van der Waals surface area contributed by atoms with Gasteiger partial charge < -0.3 is 9.52 Å². The molecule has 8 heteroatoms. The maximum absolute atomic E-state index is 11.9. The molecule has 0 radical (unpaired) electrons. The van der Waals surface area contributed by atoms with Crippen LogP contribution in [0.2, 0.25) is 0 Å². The summed E-state index contributed by atoms with van der Waals surface area (Å²) in [5.41, 5.74) is 0.336. The van der Waals surface area contributed by atoms with E-state index in [1.54, 1.807) is 24.3 Å². The van der Waals surface area contributed by atoms with Gasteiger partial charge in [-0.2, -0.15) is 8.42 Å². The highest BCUT2D eigenvalue weighted by Gasteiger charge is 2.21. The summed E-state index contributed by atoms with van der Waals surface area (Å²) in [6.45, 7) is 0. The molecule has 19 heavy (non-hydrogen) atoms. The number of aromatic carboxylic acids is 1. The van der Waals surface area contributed by atoms with Crippen LogP contribution in [-0.2, 0) is 10.0 Å². The zero-order valence-corrected chi connectivity index (χ0v) is 11.7. The van der Waals surface area contributed by atoms with Crippen LogP contribution in [0.3, 0.4) is 0 Å². The number of nitrogens with one attached hydrogen (secondary N) is 1. The van der Waals surface area contributed by atoms with E-state index in [1.165, 1.54) is 0 Å². The SMILES string of the molecule is O=C(O)c1ccc(S(=O)(=O)Nc2cccc(Br)c2)o1. The van der Waals surface area contributed by atoms with Crippen molar-refractivity contribution in [2.45, 2.75) is 5.09 Å². The molecule has 0 fully saturated rings. The molecule has 2 rings (SSSR count). The van der Waals surface area contributed by atoms with Crippen molar-refractivity contribution in [1.29, 1.82) is 0 Å². The third-order valence-corrected chi connectivity index (χ3v) is 3.88. The average molecular weight is 346 g/mol. The molecule has 0 amide bonds. The number of anilines is 1. The van der Waals surface area contributed by atoms with E-state index in [2.05, 4.69) is 20.7 Å². The lowest BCUT2D eigenvalue weighted by Gasteiger charge is -2.05. The summed E-state index contributed by atoms with van der Waals surface area (Å²) in [6, 6.07) is 8.70. The van der Waals surface area contributed by atoms with Crippen LogP contribution in [0.5, 0.6) is 0 Å². The third-order valence-electron chi connectivity index (χ3n) is 2.13. The molecule has 0 bridgehead atoms. The number of carboxylic acid groups (broad SMARTS) is 1. The fourth-order valence-corrected chi connectivity index (χ4v) is 2.72. The summed E-state index contributed by atoms with van der Waals surface area (Å²) >= 11 is 3.21. The van der Waals surface area contributed by atoms with Crippen molar-refractivity contribution in [2.24, 2.45) is 0 Å². The van der Waals surface area contributed by atoms with Gasteiger partial charge in [0.1, 0.15) is 0 Å². The summed E-state index contributed by atoms with van der Waals surface area (Å²) in [5, 5.41) is 8.22. The molecule has 0 aliphatic rings. The second-order valence-electron chi connectivity index (χ2n) is 3.54. The van der Waals surface area contributed by atoms with E-state index >= 15 is 0 Å². The monoisotopic (exact) mass is 345 g/mol. The predicted molar refractivity (Wildman–Crippen MR) is 70.6 cm³/mol.